The van der Waals surface area contributed by atoms with Gasteiger partial charge in [-0.25, -0.2) is 0 Å². The van der Waals surface area contributed by atoms with E-state index in [2.05, 4.69) is 17.9 Å². The van der Waals surface area contributed by atoms with Gasteiger partial charge in [-0.15, -0.1) is 0 Å². The fourth-order valence-electron chi connectivity index (χ4n) is 1.48. The molecule has 1 saturated carbocycles. The molecule has 0 heterocycles. The first kappa shape index (κ1) is 12.3. The third-order valence-corrected chi connectivity index (χ3v) is 2.19. The number of rotatable bonds is 2. The van der Waals surface area contributed by atoms with E-state index in [0.717, 1.165) is 0 Å². The monoisotopic (exact) mass is 182 g/mol. The summed E-state index contributed by atoms with van der Waals surface area (Å²) in [5, 5.41) is 0. The lowest BCUT2D eigenvalue weighted by Crippen LogP contribution is -1.85. The Bertz CT molecular complexity index is 88.3. The standard InChI is InChI=1S/C8H16.C4H6O/c1-2-4-6-8-7-5-3-1;1-3-5-4-2/h1-8H2;3-4H,1-2H2. The SMILES string of the molecule is C1CCCCCCC1.C=COC=C. The van der Waals surface area contributed by atoms with Gasteiger partial charge in [0.05, 0.1) is 12.5 Å². The zero-order chi connectivity index (χ0) is 9.78. The minimum Gasteiger partial charge on any atom is -0.474 e. The fourth-order valence-corrected chi connectivity index (χ4v) is 1.48. The summed E-state index contributed by atoms with van der Waals surface area (Å²) in [6.07, 6.45) is 14.6. The number of ether oxygens (including phenoxy) is 1. The molecule has 0 aromatic heterocycles. The van der Waals surface area contributed by atoms with Gasteiger partial charge in [-0.05, 0) is 0 Å². The summed E-state index contributed by atoms with van der Waals surface area (Å²) in [6.45, 7) is 6.51. The van der Waals surface area contributed by atoms with Crippen LogP contribution in [0.15, 0.2) is 25.7 Å². The highest BCUT2D eigenvalue weighted by molar-refractivity contribution is 4.57. The average molecular weight is 182 g/mol. The van der Waals surface area contributed by atoms with Crippen LogP contribution in [0.4, 0.5) is 0 Å². The minimum atomic E-state index is 1.31. The van der Waals surface area contributed by atoms with Crippen LogP contribution in [-0.4, -0.2) is 0 Å². The summed E-state index contributed by atoms with van der Waals surface area (Å²) in [4.78, 5) is 0. The molecule has 76 valence electrons. The van der Waals surface area contributed by atoms with Crippen LogP contribution >= 0.6 is 0 Å². The second-order valence-corrected chi connectivity index (χ2v) is 3.30. The predicted octanol–water partition coefficient (Wildman–Crippen LogP) is 4.41. The van der Waals surface area contributed by atoms with Crippen molar-refractivity contribution in [1.29, 1.82) is 0 Å². The average Bonchev–Trinajstić information content (AvgIpc) is 2.05. The Balaban J connectivity index is 0.000000252. The summed E-state index contributed by atoms with van der Waals surface area (Å²) in [7, 11) is 0. The molecular weight excluding hydrogens is 160 g/mol. The highest BCUT2D eigenvalue weighted by atomic mass is 16.5. The third-order valence-electron chi connectivity index (χ3n) is 2.19. The molecule has 0 N–H and O–H groups in total. The maximum atomic E-state index is 4.36. The molecule has 0 aromatic carbocycles. The van der Waals surface area contributed by atoms with Crippen LogP contribution in [0.25, 0.3) is 0 Å². The number of hydrogen-bond donors (Lipinski definition) is 0. The molecule has 0 radical (unpaired) electrons. The van der Waals surface area contributed by atoms with Crippen LogP contribution in [0, 0.1) is 0 Å². The Morgan fingerprint density at radius 2 is 0.846 bits per heavy atom. The molecule has 0 spiro atoms. The van der Waals surface area contributed by atoms with Crippen molar-refractivity contribution >= 4 is 0 Å². The first-order chi connectivity index (χ1) is 6.41. The van der Waals surface area contributed by atoms with Crippen molar-refractivity contribution in [1.82, 2.24) is 0 Å². The second-order valence-electron chi connectivity index (χ2n) is 3.30. The van der Waals surface area contributed by atoms with Gasteiger partial charge in [0.25, 0.3) is 0 Å². The maximum absolute atomic E-state index is 4.36. The Labute approximate surface area is 82.5 Å². The molecule has 0 amide bonds. The molecule has 0 aliphatic heterocycles. The number of hydrogen-bond acceptors (Lipinski definition) is 1. The highest BCUT2D eigenvalue weighted by Gasteiger charge is 1.95. The fraction of sp³-hybridized carbons (Fsp3) is 0.667. The Morgan fingerprint density at radius 3 is 0.923 bits per heavy atom. The van der Waals surface area contributed by atoms with Crippen molar-refractivity contribution in [2.75, 3.05) is 0 Å². The van der Waals surface area contributed by atoms with E-state index < -0.39 is 0 Å². The molecule has 1 nitrogen and oxygen atoms in total. The Hall–Kier alpha value is -0.720. The molecule has 0 atom stereocenters. The third kappa shape index (κ3) is 11.3. The van der Waals surface area contributed by atoms with Crippen molar-refractivity contribution in [3.05, 3.63) is 25.7 Å². The lowest BCUT2D eigenvalue weighted by molar-refractivity contribution is 0.406. The largest absolute Gasteiger partial charge is 0.474 e. The quantitative estimate of drug-likeness (QED) is 0.575. The molecule has 0 aromatic rings. The molecule has 13 heavy (non-hydrogen) atoms. The Morgan fingerprint density at radius 1 is 0.615 bits per heavy atom. The van der Waals surface area contributed by atoms with Gasteiger partial charge in [0.15, 0.2) is 0 Å². The normalized spacial score (nSPS) is 16.9. The first-order valence-corrected chi connectivity index (χ1v) is 5.29. The molecule has 0 bridgehead atoms. The van der Waals surface area contributed by atoms with E-state index in [1.165, 1.54) is 63.9 Å². The van der Waals surface area contributed by atoms with E-state index in [-0.39, 0.29) is 0 Å². The topological polar surface area (TPSA) is 9.23 Å². The second kappa shape index (κ2) is 11.3. The smallest absolute Gasteiger partial charge is 0.0829 e. The van der Waals surface area contributed by atoms with Crippen LogP contribution in [0.3, 0.4) is 0 Å². The zero-order valence-corrected chi connectivity index (χ0v) is 8.63. The van der Waals surface area contributed by atoms with Crippen LogP contribution < -0.4 is 0 Å². The zero-order valence-electron chi connectivity index (χ0n) is 8.63. The van der Waals surface area contributed by atoms with E-state index in [0.29, 0.717) is 0 Å². The van der Waals surface area contributed by atoms with Crippen molar-refractivity contribution in [2.24, 2.45) is 0 Å². The van der Waals surface area contributed by atoms with Crippen molar-refractivity contribution in [2.45, 2.75) is 51.4 Å². The van der Waals surface area contributed by atoms with E-state index in [1.807, 2.05) is 0 Å². The van der Waals surface area contributed by atoms with Crippen LogP contribution in [-0.2, 0) is 4.74 Å². The minimum absolute atomic E-state index is 1.31. The Kier molecular flexibility index (Phi) is 10.7. The summed E-state index contributed by atoms with van der Waals surface area (Å²) >= 11 is 0. The van der Waals surface area contributed by atoms with Gasteiger partial charge in [-0.1, -0.05) is 64.5 Å². The van der Waals surface area contributed by atoms with E-state index in [4.69, 9.17) is 0 Å². The molecule has 1 heteroatoms. The summed E-state index contributed by atoms with van der Waals surface area (Å²) in [6, 6.07) is 0. The molecule has 1 aliphatic carbocycles. The first-order valence-electron chi connectivity index (χ1n) is 5.29. The van der Waals surface area contributed by atoms with Gasteiger partial charge >= 0.3 is 0 Å². The van der Waals surface area contributed by atoms with Crippen LogP contribution in [0.2, 0.25) is 0 Å². The summed E-state index contributed by atoms with van der Waals surface area (Å²) < 4.78 is 4.36. The van der Waals surface area contributed by atoms with Crippen molar-refractivity contribution in [3.63, 3.8) is 0 Å². The molecule has 1 aliphatic rings. The van der Waals surface area contributed by atoms with Gasteiger partial charge in [0, 0.05) is 0 Å². The van der Waals surface area contributed by atoms with Gasteiger partial charge < -0.3 is 4.74 Å². The van der Waals surface area contributed by atoms with E-state index in [9.17, 15) is 0 Å². The van der Waals surface area contributed by atoms with E-state index in [1.54, 1.807) is 0 Å². The van der Waals surface area contributed by atoms with Crippen molar-refractivity contribution < 1.29 is 4.74 Å². The van der Waals surface area contributed by atoms with Crippen molar-refractivity contribution in [3.8, 4) is 0 Å². The van der Waals surface area contributed by atoms with Gasteiger partial charge in [0.2, 0.25) is 0 Å². The summed E-state index contributed by atoms with van der Waals surface area (Å²) in [5.41, 5.74) is 0. The molecule has 1 rings (SSSR count). The van der Waals surface area contributed by atoms with Gasteiger partial charge in [-0.3, -0.25) is 0 Å². The van der Waals surface area contributed by atoms with Gasteiger partial charge in [-0.2, -0.15) is 0 Å². The maximum Gasteiger partial charge on any atom is 0.0829 e. The lowest BCUT2D eigenvalue weighted by Gasteiger charge is -2.05. The molecular formula is C12H22O. The molecule has 0 saturated heterocycles. The summed E-state index contributed by atoms with van der Waals surface area (Å²) in [5.74, 6) is 0. The highest BCUT2D eigenvalue weighted by Crippen LogP contribution is 2.15. The van der Waals surface area contributed by atoms with E-state index >= 15 is 0 Å². The van der Waals surface area contributed by atoms with Crippen LogP contribution in [0.1, 0.15) is 51.4 Å². The van der Waals surface area contributed by atoms with Gasteiger partial charge in [0.1, 0.15) is 0 Å². The molecule has 0 unspecified atom stereocenters. The van der Waals surface area contributed by atoms with Crippen LogP contribution in [0.5, 0.6) is 0 Å². The molecule has 1 fully saturated rings. The lowest BCUT2D eigenvalue weighted by atomic mass is 10.0. The predicted molar refractivity (Wildman–Crippen MR) is 58.4 cm³/mol.